The zero-order valence-electron chi connectivity index (χ0n) is 23.6. The van der Waals surface area contributed by atoms with Crippen LogP contribution in [0.5, 0.6) is 5.75 Å². The minimum Gasteiger partial charge on any atom is -0.493 e. The molecule has 0 saturated carbocycles. The summed E-state index contributed by atoms with van der Waals surface area (Å²) < 4.78 is 86.5. The summed E-state index contributed by atoms with van der Waals surface area (Å²) in [5.41, 5.74) is 0.0419. The Hall–Kier alpha value is -2.74. The molecule has 0 aliphatic carbocycles. The van der Waals surface area contributed by atoms with Crippen molar-refractivity contribution in [3.63, 3.8) is 0 Å². The van der Waals surface area contributed by atoms with Gasteiger partial charge in [0.2, 0.25) is 15.9 Å². The van der Waals surface area contributed by atoms with Gasteiger partial charge in [-0.15, -0.1) is 0 Å². The van der Waals surface area contributed by atoms with Gasteiger partial charge in [-0.25, -0.2) is 17.1 Å². The molecule has 1 aliphatic heterocycles. The van der Waals surface area contributed by atoms with Gasteiger partial charge in [-0.05, 0) is 61.4 Å². The molecule has 0 saturated heterocycles. The standard InChI is InChI=1S/C29H39F4N3O5S/c1-2-10-36-11-3-4-12-41-25-16-22(15-24(30)18-25)17-26(35-28(38)9-6-13-42(36,39)40)27(37)20-34-19-21-7-5-8-23(14-21)29(31,32)33/h5,7-8,14-16,18,26-27,34,37H,2-4,6,9-13,17,19-20H2,1H3,(H,35,38). The number of benzene rings is 2. The average molecular weight is 618 g/mol. The third kappa shape index (κ3) is 10.8. The van der Waals surface area contributed by atoms with Crippen molar-refractivity contribution in [3.8, 4) is 5.75 Å². The van der Waals surface area contributed by atoms with Crippen molar-refractivity contribution < 1.29 is 40.6 Å². The summed E-state index contributed by atoms with van der Waals surface area (Å²) in [6.45, 7) is 2.78. The molecule has 8 nitrogen and oxygen atoms in total. The van der Waals surface area contributed by atoms with E-state index in [4.69, 9.17) is 4.74 Å². The number of nitrogens with one attached hydrogen (secondary N) is 2. The fourth-order valence-electron chi connectivity index (χ4n) is 4.77. The van der Waals surface area contributed by atoms with Crippen molar-refractivity contribution >= 4 is 15.9 Å². The maximum atomic E-state index is 14.4. The molecule has 3 rings (SSSR count). The number of nitrogens with zero attached hydrogens (tertiary/aromatic N) is 1. The van der Waals surface area contributed by atoms with Gasteiger partial charge in [-0.2, -0.15) is 13.2 Å². The molecule has 2 atom stereocenters. The van der Waals surface area contributed by atoms with E-state index in [0.29, 0.717) is 43.5 Å². The highest BCUT2D eigenvalue weighted by Gasteiger charge is 2.30. The van der Waals surface area contributed by atoms with E-state index in [1.54, 1.807) is 6.07 Å². The van der Waals surface area contributed by atoms with E-state index in [-0.39, 0.29) is 50.5 Å². The summed E-state index contributed by atoms with van der Waals surface area (Å²) >= 11 is 0. The Kier molecular flexibility index (Phi) is 12.6. The number of carbonyl (C=O) groups is 1. The molecule has 2 aromatic rings. The number of hydrogen-bond acceptors (Lipinski definition) is 6. The number of rotatable bonds is 7. The Balaban J connectivity index is 1.74. The lowest BCUT2D eigenvalue weighted by atomic mass is 10.00. The van der Waals surface area contributed by atoms with Gasteiger partial charge in [-0.1, -0.05) is 25.1 Å². The number of fused-ring (bicyclic) bond motifs is 2. The van der Waals surface area contributed by atoms with Crippen molar-refractivity contribution in [3.05, 3.63) is 65.0 Å². The van der Waals surface area contributed by atoms with Gasteiger partial charge in [0, 0.05) is 38.7 Å². The molecule has 2 unspecified atom stereocenters. The van der Waals surface area contributed by atoms with Crippen LogP contribution < -0.4 is 15.4 Å². The van der Waals surface area contributed by atoms with E-state index in [2.05, 4.69) is 10.6 Å². The van der Waals surface area contributed by atoms with Gasteiger partial charge in [0.15, 0.2) is 0 Å². The number of ether oxygens (including phenoxy) is 1. The van der Waals surface area contributed by atoms with Crippen LogP contribution in [0, 0.1) is 5.82 Å². The van der Waals surface area contributed by atoms with E-state index < -0.39 is 45.6 Å². The van der Waals surface area contributed by atoms with Crippen LogP contribution in [0.3, 0.4) is 0 Å². The van der Waals surface area contributed by atoms with E-state index in [0.717, 1.165) is 12.1 Å². The van der Waals surface area contributed by atoms with Crippen molar-refractivity contribution in [1.82, 2.24) is 14.9 Å². The monoisotopic (exact) mass is 617 g/mol. The lowest BCUT2D eigenvalue weighted by molar-refractivity contribution is -0.137. The first-order chi connectivity index (χ1) is 19.9. The number of amides is 1. The van der Waals surface area contributed by atoms with Gasteiger partial charge in [0.25, 0.3) is 0 Å². The van der Waals surface area contributed by atoms with Crippen molar-refractivity contribution in [1.29, 1.82) is 0 Å². The summed E-state index contributed by atoms with van der Waals surface area (Å²) in [5.74, 6) is -0.960. The van der Waals surface area contributed by atoms with Crippen LogP contribution in [0.4, 0.5) is 17.6 Å². The predicted octanol–water partition coefficient (Wildman–Crippen LogP) is 4.02. The summed E-state index contributed by atoms with van der Waals surface area (Å²) in [6, 6.07) is 8.03. The Morgan fingerprint density at radius 2 is 1.95 bits per heavy atom. The lowest BCUT2D eigenvalue weighted by Gasteiger charge is -2.25. The predicted molar refractivity (Wildman–Crippen MR) is 151 cm³/mol. The molecular weight excluding hydrogens is 578 g/mol. The molecule has 1 heterocycles. The molecule has 0 spiro atoms. The fourth-order valence-corrected chi connectivity index (χ4v) is 6.40. The maximum absolute atomic E-state index is 14.4. The summed E-state index contributed by atoms with van der Waals surface area (Å²) in [6.07, 6.45) is -3.90. The number of halogens is 4. The van der Waals surface area contributed by atoms with Crippen LogP contribution in [-0.4, -0.2) is 67.9 Å². The zero-order chi connectivity index (χ0) is 30.8. The van der Waals surface area contributed by atoms with Crippen LogP contribution in [0.25, 0.3) is 0 Å². The highest BCUT2D eigenvalue weighted by atomic mass is 32.2. The third-order valence-electron chi connectivity index (χ3n) is 6.88. The van der Waals surface area contributed by atoms with E-state index in [9.17, 15) is 35.9 Å². The number of aliphatic hydroxyl groups excluding tert-OH is 1. The SMILES string of the molecule is CCCN1CCCCOc2cc(F)cc(c2)CC(C(O)CNCc2cccc(C(F)(F)F)c2)NC(=O)CCCS1(=O)=O. The highest BCUT2D eigenvalue weighted by Crippen LogP contribution is 2.29. The van der Waals surface area contributed by atoms with Gasteiger partial charge < -0.3 is 20.5 Å². The van der Waals surface area contributed by atoms with Crippen molar-refractivity contribution in [2.75, 3.05) is 32.0 Å². The van der Waals surface area contributed by atoms with Crippen LogP contribution >= 0.6 is 0 Å². The first-order valence-corrected chi connectivity index (χ1v) is 15.7. The normalized spacial score (nSPS) is 20.2. The Bertz CT molecular complexity index is 1280. The van der Waals surface area contributed by atoms with E-state index in [1.807, 2.05) is 6.92 Å². The zero-order valence-corrected chi connectivity index (χ0v) is 24.4. The number of hydrogen-bond donors (Lipinski definition) is 3. The Labute approximate surface area is 244 Å². The minimum atomic E-state index is -4.48. The van der Waals surface area contributed by atoms with Crippen molar-refractivity contribution in [2.24, 2.45) is 0 Å². The summed E-state index contributed by atoms with van der Waals surface area (Å²) in [4.78, 5) is 12.8. The van der Waals surface area contributed by atoms with Crippen molar-refractivity contribution in [2.45, 2.75) is 70.3 Å². The summed E-state index contributed by atoms with van der Waals surface area (Å²) in [5, 5.41) is 16.6. The second kappa shape index (κ2) is 15.6. The van der Waals surface area contributed by atoms with E-state index >= 15 is 0 Å². The van der Waals surface area contributed by atoms with Crippen LogP contribution in [0.2, 0.25) is 0 Å². The first-order valence-electron chi connectivity index (χ1n) is 14.1. The second-order valence-electron chi connectivity index (χ2n) is 10.4. The van der Waals surface area contributed by atoms with Gasteiger partial charge in [0.05, 0.1) is 30.1 Å². The molecule has 42 heavy (non-hydrogen) atoms. The van der Waals surface area contributed by atoms with Crippen LogP contribution in [0.15, 0.2) is 42.5 Å². The topological polar surface area (TPSA) is 108 Å². The van der Waals surface area contributed by atoms with E-state index in [1.165, 1.54) is 28.6 Å². The average Bonchev–Trinajstić information content (AvgIpc) is 2.90. The quantitative estimate of drug-likeness (QED) is 0.406. The van der Waals surface area contributed by atoms with Gasteiger partial charge in [0.1, 0.15) is 11.6 Å². The first kappa shape index (κ1) is 33.8. The second-order valence-corrected chi connectivity index (χ2v) is 12.5. The number of alkyl halides is 3. The lowest BCUT2D eigenvalue weighted by Crippen LogP contribution is -2.48. The largest absolute Gasteiger partial charge is 0.493 e. The maximum Gasteiger partial charge on any atom is 0.416 e. The summed E-state index contributed by atoms with van der Waals surface area (Å²) in [7, 11) is -3.58. The molecule has 3 N–H and O–H groups in total. The molecule has 234 valence electrons. The number of sulfonamides is 1. The number of aliphatic hydroxyl groups is 1. The molecule has 0 fully saturated rings. The molecular formula is C29H39F4N3O5S. The molecule has 1 aliphatic rings. The molecule has 2 aromatic carbocycles. The fraction of sp³-hybridized carbons (Fsp3) is 0.552. The Morgan fingerprint density at radius 3 is 2.69 bits per heavy atom. The molecule has 1 amide bonds. The molecule has 2 bridgehead atoms. The third-order valence-corrected chi connectivity index (χ3v) is 8.83. The minimum absolute atomic E-state index is 0.0335. The molecule has 0 radical (unpaired) electrons. The van der Waals surface area contributed by atoms with Gasteiger partial charge in [-0.3, -0.25) is 4.79 Å². The molecule has 0 aromatic heterocycles. The molecule has 13 heteroatoms. The highest BCUT2D eigenvalue weighted by molar-refractivity contribution is 7.89. The number of carbonyl (C=O) groups excluding carboxylic acids is 1. The smallest absolute Gasteiger partial charge is 0.416 e. The van der Waals surface area contributed by atoms with Gasteiger partial charge >= 0.3 is 6.18 Å². The Morgan fingerprint density at radius 1 is 1.17 bits per heavy atom. The van der Waals surface area contributed by atoms with Crippen LogP contribution in [-0.2, 0) is 34.0 Å². The van der Waals surface area contributed by atoms with Crippen LogP contribution in [0.1, 0.15) is 55.7 Å².